The summed E-state index contributed by atoms with van der Waals surface area (Å²) in [6, 6.07) is 0.745. The van der Waals surface area contributed by atoms with Crippen molar-refractivity contribution in [1.29, 1.82) is 0 Å². The molecule has 0 aromatic rings. The summed E-state index contributed by atoms with van der Waals surface area (Å²) in [5, 5.41) is 10.6. The second-order valence-electron chi connectivity index (χ2n) is 4.92. The molecule has 2 saturated heterocycles. The molecular formula is C12H21NO2. The zero-order valence-corrected chi connectivity index (χ0v) is 9.86. The van der Waals surface area contributed by atoms with Crippen LogP contribution in [0.2, 0.25) is 0 Å². The number of nitrogens with zero attached hydrogens (tertiary/aromatic N) is 1. The lowest BCUT2D eigenvalue weighted by atomic mass is 9.77. The normalized spacial score (nSPS) is 43.1. The van der Waals surface area contributed by atoms with Crippen LogP contribution in [0.3, 0.4) is 0 Å². The number of ether oxygens (including phenoxy) is 1. The second-order valence-corrected chi connectivity index (χ2v) is 4.92. The van der Waals surface area contributed by atoms with Gasteiger partial charge < -0.3 is 9.84 Å². The van der Waals surface area contributed by atoms with Gasteiger partial charge in [-0.15, -0.1) is 0 Å². The van der Waals surface area contributed by atoms with E-state index in [1.54, 1.807) is 0 Å². The summed E-state index contributed by atoms with van der Waals surface area (Å²) >= 11 is 0. The topological polar surface area (TPSA) is 32.7 Å². The van der Waals surface area contributed by atoms with E-state index in [9.17, 15) is 5.11 Å². The van der Waals surface area contributed by atoms with Gasteiger partial charge in [-0.25, -0.2) is 0 Å². The van der Waals surface area contributed by atoms with E-state index in [1.165, 1.54) is 0 Å². The molecule has 2 unspecified atom stereocenters. The average molecular weight is 211 g/mol. The molecule has 0 aliphatic carbocycles. The Balaban J connectivity index is 2.20. The first kappa shape index (κ1) is 11.1. The number of rotatable bonds is 1. The predicted octanol–water partition coefficient (Wildman–Crippen LogP) is 1.18. The summed E-state index contributed by atoms with van der Waals surface area (Å²) in [5.41, 5.74) is 0.507. The Morgan fingerprint density at radius 1 is 1.40 bits per heavy atom. The lowest BCUT2D eigenvalue weighted by Gasteiger charge is -2.50. The van der Waals surface area contributed by atoms with Crippen molar-refractivity contribution in [3.63, 3.8) is 0 Å². The molecule has 86 valence electrons. The lowest BCUT2D eigenvalue weighted by molar-refractivity contribution is -0.120. The number of hydrogen-bond acceptors (Lipinski definition) is 3. The highest BCUT2D eigenvalue weighted by molar-refractivity contribution is 5.17. The fourth-order valence-corrected chi connectivity index (χ4v) is 2.73. The van der Waals surface area contributed by atoms with E-state index < -0.39 is 5.60 Å². The van der Waals surface area contributed by atoms with Gasteiger partial charge in [-0.1, -0.05) is 6.08 Å². The zero-order valence-electron chi connectivity index (χ0n) is 9.86. The Morgan fingerprint density at radius 2 is 1.93 bits per heavy atom. The number of morpholine rings is 1. The largest absolute Gasteiger partial charge is 0.385 e. The van der Waals surface area contributed by atoms with Gasteiger partial charge in [0.25, 0.3) is 0 Å². The smallest absolute Gasteiger partial charge is 0.0885 e. The summed E-state index contributed by atoms with van der Waals surface area (Å²) in [7, 11) is 2.14. The fraction of sp³-hybridized carbons (Fsp3) is 0.833. The first-order valence-corrected chi connectivity index (χ1v) is 5.72. The maximum Gasteiger partial charge on any atom is 0.0885 e. The molecule has 2 heterocycles. The van der Waals surface area contributed by atoms with Crippen molar-refractivity contribution in [2.45, 2.75) is 44.4 Å². The molecule has 3 heteroatoms. The molecule has 2 aliphatic rings. The molecule has 0 radical (unpaired) electrons. The maximum absolute atomic E-state index is 10.6. The number of likely N-dealkylation sites (N-methyl/N-ethyl adjacent to an activating group) is 1. The Morgan fingerprint density at radius 3 is 2.40 bits per heavy atom. The number of allylic oxidation sites excluding steroid dienone is 1. The maximum atomic E-state index is 10.6. The molecule has 2 bridgehead atoms. The van der Waals surface area contributed by atoms with Gasteiger partial charge >= 0.3 is 0 Å². The minimum atomic E-state index is -0.597. The van der Waals surface area contributed by atoms with Crippen molar-refractivity contribution < 1.29 is 9.84 Å². The van der Waals surface area contributed by atoms with E-state index in [-0.39, 0.29) is 0 Å². The summed E-state index contributed by atoms with van der Waals surface area (Å²) in [4.78, 5) is 2.36. The van der Waals surface area contributed by atoms with Gasteiger partial charge in [0.2, 0.25) is 0 Å². The van der Waals surface area contributed by atoms with Crippen molar-refractivity contribution in [3.05, 3.63) is 11.6 Å². The molecule has 15 heavy (non-hydrogen) atoms. The first-order valence-electron chi connectivity index (χ1n) is 5.72. The molecule has 0 amide bonds. The zero-order chi connectivity index (χ0) is 11.1. The summed E-state index contributed by atoms with van der Waals surface area (Å²) < 4.78 is 5.54. The van der Waals surface area contributed by atoms with Crippen molar-refractivity contribution >= 4 is 0 Å². The van der Waals surface area contributed by atoms with Crippen LogP contribution in [0.1, 0.15) is 26.7 Å². The van der Waals surface area contributed by atoms with Crippen molar-refractivity contribution in [3.8, 4) is 0 Å². The molecular weight excluding hydrogens is 190 g/mol. The van der Waals surface area contributed by atoms with Gasteiger partial charge in [0.15, 0.2) is 0 Å². The van der Waals surface area contributed by atoms with E-state index in [2.05, 4.69) is 11.9 Å². The van der Waals surface area contributed by atoms with E-state index in [0.29, 0.717) is 12.1 Å². The van der Waals surface area contributed by atoms with E-state index in [4.69, 9.17) is 4.74 Å². The van der Waals surface area contributed by atoms with Crippen LogP contribution in [-0.2, 0) is 4.74 Å². The molecule has 3 nitrogen and oxygen atoms in total. The molecule has 0 spiro atoms. The van der Waals surface area contributed by atoms with Crippen molar-refractivity contribution in [2.24, 2.45) is 0 Å². The second kappa shape index (κ2) is 3.89. The molecule has 0 aromatic heterocycles. The van der Waals surface area contributed by atoms with Gasteiger partial charge in [0.1, 0.15) is 0 Å². The lowest BCUT2D eigenvalue weighted by Crippen LogP contribution is -2.60. The minimum Gasteiger partial charge on any atom is -0.385 e. The molecule has 0 saturated carbocycles. The van der Waals surface area contributed by atoms with Crippen molar-refractivity contribution in [2.75, 3.05) is 20.3 Å². The van der Waals surface area contributed by atoms with Crippen LogP contribution < -0.4 is 0 Å². The predicted molar refractivity (Wildman–Crippen MR) is 59.8 cm³/mol. The molecule has 1 N–H and O–H groups in total. The van der Waals surface area contributed by atoms with Crippen LogP contribution in [0.15, 0.2) is 11.6 Å². The average Bonchev–Trinajstić information content (AvgIpc) is 2.19. The Bertz CT molecular complexity index is 261. The molecule has 0 aromatic carbocycles. The van der Waals surface area contributed by atoms with Crippen LogP contribution in [0.5, 0.6) is 0 Å². The third kappa shape index (κ3) is 1.84. The van der Waals surface area contributed by atoms with Crippen LogP contribution in [0.4, 0.5) is 0 Å². The van der Waals surface area contributed by atoms with E-state index in [1.807, 2.05) is 19.9 Å². The Hall–Kier alpha value is -0.380. The highest BCUT2D eigenvalue weighted by Crippen LogP contribution is 2.37. The highest BCUT2D eigenvalue weighted by atomic mass is 16.5. The molecule has 2 atom stereocenters. The molecule has 2 rings (SSSR count). The fourth-order valence-electron chi connectivity index (χ4n) is 2.73. The Kier molecular flexibility index (Phi) is 2.88. The minimum absolute atomic E-state index is 0.373. The van der Waals surface area contributed by atoms with Crippen LogP contribution in [-0.4, -0.2) is 48.0 Å². The number of aliphatic hydroxyl groups is 1. The highest BCUT2D eigenvalue weighted by Gasteiger charge is 2.45. The SMILES string of the molecule is CC=C(C)C1(O)CC2COCC(C1)N2C. The van der Waals surface area contributed by atoms with Gasteiger partial charge in [-0.3, -0.25) is 4.90 Å². The molecule has 2 aliphatic heterocycles. The van der Waals surface area contributed by atoms with Crippen LogP contribution >= 0.6 is 0 Å². The van der Waals surface area contributed by atoms with E-state index >= 15 is 0 Å². The van der Waals surface area contributed by atoms with Gasteiger partial charge in [0.05, 0.1) is 18.8 Å². The number of piperidine rings is 1. The third-order valence-corrected chi connectivity index (χ3v) is 4.09. The monoisotopic (exact) mass is 211 g/mol. The standard InChI is InChI=1S/C12H21NO2/c1-4-9(2)12(14)5-10-7-15-8-11(6-12)13(10)3/h4,10-11,14H,5-8H2,1-3H3. The van der Waals surface area contributed by atoms with Crippen LogP contribution in [0, 0.1) is 0 Å². The van der Waals surface area contributed by atoms with Crippen molar-refractivity contribution in [1.82, 2.24) is 4.90 Å². The van der Waals surface area contributed by atoms with Gasteiger partial charge in [-0.05, 0) is 39.3 Å². The third-order valence-electron chi connectivity index (χ3n) is 4.09. The summed E-state index contributed by atoms with van der Waals surface area (Å²) in [5.74, 6) is 0. The van der Waals surface area contributed by atoms with E-state index in [0.717, 1.165) is 31.6 Å². The van der Waals surface area contributed by atoms with Gasteiger partial charge in [-0.2, -0.15) is 0 Å². The molecule has 2 fully saturated rings. The summed E-state index contributed by atoms with van der Waals surface area (Å²) in [6.07, 6.45) is 3.63. The van der Waals surface area contributed by atoms with Gasteiger partial charge in [0, 0.05) is 12.1 Å². The number of hydrogen-bond donors (Lipinski definition) is 1. The Labute approximate surface area is 91.7 Å². The quantitative estimate of drug-likeness (QED) is 0.661. The summed E-state index contributed by atoms with van der Waals surface area (Å²) in [6.45, 7) is 5.54. The first-order chi connectivity index (χ1) is 7.07. The number of fused-ring (bicyclic) bond motifs is 2. The van der Waals surface area contributed by atoms with Crippen LogP contribution in [0.25, 0.3) is 0 Å².